The summed E-state index contributed by atoms with van der Waals surface area (Å²) in [4.78, 5) is 25.0. The van der Waals surface area contributed by atoms with Crippen molar-refractivity contribution in [1.29, 1.82) is 0 Å². The highest BCUT2D eigenvalue weighted by Crippen LogP contribution is 2.36. The molecule has 0 saturated heterocycles. The van der Waals surface area contributed by atoms with Crippen LogP contribution in [0.4, 0.5) is 10.3 Å². The number of thiazole rings is 1. The lowest BCUT2D eigenvalue weighted by atomic mass is 10.2. The van der Waals surface area contributed by atoms with E-state index in [9.17, 15) is 9.18 Å². The van der Waals surface area contributed by atoms with Gasteiger partial charge in [0.05, 0.1) is 23.7 Å². The number of nitrogens with one attached hydrogen (secondary N) is 2. The first-order chi connectivity index (χ1) is 13.1. The van der Waals surface area contributed by atoms with Crippen LogP contribution < -0.4 is 10.1 Å². The summed E-state index contributed by atoms with van der Waals surface area (Å²) in [5.41, 5.74) is 2.04. The van der Waals surface area contributed by atoms with E-state index in [0.717, 1.165) is 11.0 Å². The van der Waals surface area contributed by atoms with E-state index in [1.165, 1.54) is 24.5 Å². The lowest BCUT2D eigenvalue weighted by Gasteiger charge is -2.06. The van der Waals surface area contributed by atoms with Crippen molar-refractivity contribution in [3.05, 3.63) is 58.9 Å². The Morgan fingerprint density at radius 2 is 2.00 bits per heavy atom. The van der Waals surface area contributed by atoms with Gasteiger partial charge in [0.25, 0.3) is 5.91 Å². The van der Waals surface area contributed by atoms with E-state index >= 15 is 0 Å². The Balaban J connectivity index is 1.66. The fourth-order valence-electron chi connectivity index (χ4n) is 2.77. The maximum atomic E-state index is 14.3. The van der Waals surface area contributed by atoms with Gasteiger partial charge in [0, 0.05) is 4.88 Å². The van der Waals surface area contributed by atoms with Crippen molar-refractivity contribution in [3.63, 3.8) is 0 Å². The Labute approximate surface area is 158 Å². The Morgan fingerprint density at radius 1 is 1.19 bits per heavy atom. The number of halogens is 1. The number of amides is 1. The van der Waals surface area contributed by atoms with Gasteiger partial charge in [-0.2, -0.15) is 0 Å². The van der Waals surface area contributed by atoms with Gasteiger partial charge in [-0.3, -0.25) is 10.1 Å². The van der Waals surface area contributed by atoms with Crippen molar-refractivity contribution in [2.24, 2.45) is 0 Å². The van der Waals surface area contributed by atoms with Crippen LogP contribution in [0, 0.1) is 12.7 Å². The molecule has 0 fully saturated rings. The number of anilines is 1. The van der Waals surface area contributed by atoms with Crippen molar-refractivity contribution < 1.29 is 13.9 Å². The molecule has 0 saturated carbocycles. The molecule has 6 nitrogen and oxygen atoms in total. The molecule has 0 bridgehead atoms. The van der Waals surface area contributed by atoms with Crippen molar-refractivity contribution in [2.45, 2.75) is 6.92 Å². The van der Waals surface area contributed by atoms with Gasteiger partial charge in [-0.15, -0.1) is 11.3 Å². The van der Waals surface area contributed by atoms with Gasteiger partial charge in [0.15, 0.2) is 0 Å². The molecule has 0 atom stereocenters. The van der Waals surface area contributed by atoms with Crippen molar-refractivity contribution in [1.82, 2.24) is 15.0 Å². The molecule has 2 aromatic heterocycles. The van der Waals surface area contributed by atoms with E-state index in [1.807, 2.05) is 24.3 Å². The molecule has 2 N–H and O–H groups in total. The van der Waals surface area contributed by atoms with E-state index in [1.54, 1.807) is 19.1 Å². The number of benzene rings is 2. The van der Waals surface area contributed by atoms with Gasteiger partial charge >= 0.3 is 0 Å². The molecule has 4 aromatic rings. The van der Waals surface area contributed by atoms with Crippen LogP contribution in [0.2, 0.25) is 0 Å². The summed E-state index contributed by atoms with van der Waals surface area (Å²) in [5, 5.41) is 3.10. The monoisotopic (exact) mass is 382 g/mol. The van der Waals surface area contributed by atoms with E-state index in [4.69, 9.17) is 4.74 Å². The number of ether oxygens (including phenoxy) is 1. The number of aryl methyl sites for hydroxylation is 1. The van der Waals surface area contributed by atoms with Gasteiger partial charge in [0.2, 0.25) is 5.95 Å². The smallest absolute Gasteiger partial charge is 0.277 e. The topological polar surface area (TPSA) is 79.9 Å². The molecular weight excluding hydrogens is 367 g/mol. The lowest BCUT2D eigenvalue weighted by Crippen LogP contribution is -2.14. The highest BCUT2D eigenvalue weighted by atomic mass is 32.1. The van der Waals surface area contributed by atoms with Crippen molar-refractivity contribution in [3.8, 4) is 16.3 Å². The number of H-pyrrole nitrogens is 1. The molecule has 2 heterocycles. The van der Waals surface area contributed by atoms with Crippen molar-refractivity contribution in [2.75, 3.05) is 12.4 Å². The average molecular weight is 382 g/mol. The number of aromatic amines is 1. The number of carbonyl (C=O) groups excluding carboxylic acids is 1. The molecule has 27 heavy (non-hydrogen) atoms. The number of imidazole rings is 1. The third-order valence-electron chi connectivity index (χ3n) is 4.04. The molecular formula is C19H15FN4O2S. The van der Waals surface area contributed by atoms with E-state index in [2.05, 4.69) is 20.3 Å². The SMILES string of the molecule is COc1cccc(F)c1-c1nc(C(=O)Nc2nc3ccccc3[nH]2)c(C)s1. The number of para-hydroxylation sites is 2. The van der Waals surface area contributed by atoms with Crippen LogP contribution in [0.15, 0.2) is 42.5 Å². The number of rotatable bonds is 4. The summed E-state index contributed by atoms with van der Waals surface area (Å²) in [6, 6.07) is 12.0. The first-order valence-electron chi connectivity index (χ1n) is 8.13. The minimum Gasteiger partial charge on any atom is -0.496 e. The van der Waals surface area contributed by atoms with E-state index in [0.29, 0.717) is 21.6 Å². The van der Waals surface area contributed by atoms with Crippen molar-refractivity contribution >= 4 is 34.2 Å². The van der Waals surface area contributed by atoms with Gasteiger partial charge < -0.3 is 9.72 Å². The van der Waals surface area contributed by atoms with Crippen LogP contribution >= 0.6 is 11.3 Å². The summed E-state index contributed by atoms with van der Waals surface area (Å²) in [5.74, 6) is -0.164. The summed E-state index contributed by atoms with van der Waals surface area (Å²) < 4.78 is 19.5. The van der Waals surface area contributed by atoms with Gasteiger partial charge in [-0.25, -0.2) is 14.4 Å². The van der Waals surface area contributed by atoms with Crippen LogP contribution in [0.5, 0.6) is 5.75 Å². The molecule has 0 spiro atoms. The number of hydrogen-bond acceptors (Lipinski definition) is 5. The number of fused-ring (bicyclic) bond motifs is 1. The zero-order chi connectivity index (χ0) is 19.0. The number of methoxy groups -OCH3 is 1. The first-order valence-corrected chi connectivity index (χ1v) is 8.95. The van der Waals surface area contributed by atoms with Crippen LogP contribution in [0.25, 0.3) is 21.6 Å². The fraction of sp³-hybridized carbons (Fsp3) is 0.105. The van der Waals surface area contributed by atoms with Crippen LogP contribution in [0.3, 0.4) is 0 Å². The highest BCUT2D eigenvalue weighted by Gasteiger charge is 2.21. The van der Waals surface area contributed by atoms with Gasteiger partial charge in [-0.05, 0) is 31.2 Å². The average Bonchev–Trinajstić information content (AvgIpc) is 3.23. The fourth-order valence-corrected chi connectivity index (χ4v) is 3.74. The molecule has 0 aliphatic carbocycles. The molecule has 0 aliphatic rings. The number of carbonyl (C=O) groups is 1. The molecule has 2 aromatic carbocycles. The minimum absolute atomic E-state index is 0.223. The predicted octanol–water partition coefficient (Wildman–Crippen LogP) is 4.39. The number of nitrogens with zero attached hydrogens (tertiary/aromatic N) is 2. The van der Waals surface area contributed by atoms with Gasteiger partial charge in [0.1, 0.15) is 22.3 Å². The molecule has 1 amide bonds. The second-order valence-corrected chi connectivity index (χ2v) is 7.00. The highest BCUT2D eigenvalue weighted by molar-refractivity contribution is 7.15. The Hall–Kier alpha value is -3.26. The summed E-state index contributed by atoms with van der Waals surface area (Å²) >= 11 is 1.23. The standard InChI is InChI=1S/C19H15FN4O2S/c1-10-16(17(25)24-19-21-12-7-3-4-8-13(12)22-19)23-18(27-10)15-11(20)6-5-9-14(15)26-2/h3-9H,1-2H3,(H2,21,22,24,25). The Bertz CT molecular complexity index is 1120. The molecule has 8 heteroatoms. The molecule has 4 rings (SSSR count). The normalized spacial score (nSPS) is 10.9. The maximum absolute atomic E-state index is 14.3. The van der Waals surface area contributed by atoms with E-state index < -0.39 is 11.7 Å². The first kappa shape index (κ1) is 17.2. The zero-order valence-electron chi connectivity index (χ0n) is 14.5. The quantitative estimate of drug-likeness (QED) is 0.548. The largest absolute Gasteiger partial charge is 0.496 e. The third-order valence-corrected chi connectivity index (χ3v) is 5.03. The maximum Gasteiger partial charge on any atom is 0.277 e. The summed E-state index contributed by atoms with van der Waals surface area (Å²) in [6.07, 6.45) is 0. The summed E-state index contributed by atoms with van der Waals surface area (Å²) in [7, 11) is 1.47. The predicted molar refractivity (Wildman–Crippen MR) is 103 cm³/mol. The minimum atomic E-state index is -0.452. The Morgan fingerprint density at radius 3 is 2.78 bits per heavy atom. The number of aromatic nitrogens is 3. The molecule has 0 aliphatic heterocycles. The number of hydrogen-bond donors (Lipinski definition) is 2. The van der Waals surface area contributed by atoms with Crippen LogP contribution in [-0.4, -0.2) is 28.0 Å². The lowest BCUT2D eigenvalue weighted by molar-refractivity contribution is 0.102. The Kier molecular flexibility index (Phi) is 4.33. The third kappa shape index (κ3) is 3.15. The zero-order valence-corrected chi connectivity index (χ0v) is 15.4. The summed E-state index contributed by atoms with van der Waals surface area (Å²) in [6.45, 7) is 1.77. The van der Waals surface area contributed by atoms with Crippen LogP contribution in [-0.2, 0) is 0 Å². The second-order valence-electron chi connectivity index (χ2n) is 5.80. The van der Waals surface area contributed by atoms with Gasteiger partial charge in [-0.1, -0.05) is 18.2 Å². The molecule has 136 valence electrons. The van der Waals surface area contributed by atoms with E-state index in [-0.39, 0.29) is 11.3 Å². The molecule has 0 radical (unpaired) electrons. The molecule has 0 unspecified atom stereocenters. The van der Waals surface area contributed by atoms with Crippen LogP contribution in [0.1, 0.15) is 15.4 Å². The second kappa shape index (κ2) is 6.81.